The summed E-state index contributed by atoms with van der Waals surface area (Å²) < 4.78 is 0. The van der Waals surface area contributed by atoms with Crippen LogP contribution in [0.5, 0.6) is 0 Å². The first-order valence-electron chi connectivity index (χ1n) is 5.24. The van der Waals surface area contributed by atoms with Gasteiger partial charge in [0.15, 0.2) is 0 Å². The second-order valence-corrected chi connectivity index (χ2v) is 3.77. The van der Waals surface area contributed by atoms with Gasteiger partial charge in [0.25, 0.3) is 0 Å². The Balaban J connectivity index is 2.13. The Morgan fingerprint density at radius 1 is 1.53 bits per heavy atom. The minimum absolute atomic E-state index is 0.546. The third-order valence-corrected chi connectivity index (χ3v) is 2.85. The van der Waals surface area contributed by atoms with E-state index in [0.29, 0.717) is 6.04 Å². The van der Waals surface area contributed by atoms with Crippen LogP contribution in [0, 0.1) is 0 Å². The third kappa shape index (κ3) is 2.18. The van der Waals surface area contributed by atoms with E-state index in [0.717, 1.165) is 24.7 Å². The summed E-state index contributed by atoms with van der Waals surface area (Å²) in [5, 5.41) is 6.37. The Bertz CT molecular complexity index is 321. The van der Waals surface area contributed by atoms with Crippen LogP contribution in [-0.2, 0) is 0 Å². The van der Waals surface area contributed by atoms with Crippen molar-refractivity contribution in [2.45, 2.75) is 12.5 Å². The van der Waals surface area contributed by atoms with E-state index in [1.807, 2.05) is 13.1 Å². The van der Waals surface area contributed by atoms with Gasteiger partial charge in [-0.3, -0.25) is 0 Å². The van der Waals surface area contributed by atoms with Gasteiger partial charge in [-0.25, -0.2) is 9.97 Å². The molecule has 2 N–H and O–H groups in total. The summed E-state index contributed by atoms with van der Waals surface area (Å²) in [5.74, 6) is 1.83. The molecule has 1 unspecified atom stereocenters. The predicted octanol–water partition coefficient (Wildman–Crippen LogP) is 0.316. The maximum atomic E-state index is 4.28. The number of hydrogen-bond acceptors (Lipinski definition) is 5. The molecule has 1 aliphatic heterocycles. The summed E-state index contributed by atoms with van der Waals surface area (Å²) in [4.78, 5) is 10.6. The molecule has 5 heteroatoms. The molecule has 0 aliphatic carbocycles. The van der Waals surface area contributed by atoms with Crippen LogP contribution in [0.25, 0.3) is 0 Å². The van der Waals surface area contributed by atoms with Gasteiger partial charge in [0.2, 0.25) is 0 Å². The fourth-order valence-electron chi connectivity index (χ4n) is 1.83. The van der Waals surface area contributed by atoms with Crippen molar-refractivity contribution in [3.63, 3.8) is 0 Å². The van der Waals surface area contributed by atoms with Crippen LogP contribution in [0.2, 0.25) is 0 Å². The van der Waals surface area contributed by atoms with Crippen molar-refractivity contribution in [2.24, 2.45) is 0 Å². The van der Waals surface area contributed by atoms with Crippen LogP contribution < -0.4 is 15.5 Å². The zero-order chi connectivity index (χ0) is 10.7. The minimum Gasteiger partial charge on any atom is -0.373 e. The molecule has 1 aromatic heterocycles. The molecule has 0 spiro atoms. The highest BCUT2D eigenvalue weighted by Gasteiger charge is 2.20. The van der Waals surface area contributed by atoms with Crippen LogP contribution in [0.3, 0.4) is 0 Å². The molecular weight excluding hydrogens is 190 g/mol. The highest BCUT2D eigenvalue weighted by atomic mass is 15.2. The SMILES string of the molecule is CNc1cc(N(C)C2CCNC2)ncn1. The zero-order valence-electron chi connectivity index (χ0n) is 9.20. The van der Waals surface area contributed by atoms with Crippen molar-refractivity contribution >= 4 is 11.6 Å². The molecule has 2 rings (SSSR count). The lowest BCUT2D eigenvalue weighted by atomic mass is 10.2. The maximum Gasteiger partial charge on any atom is 0.134 e. The van der Waals surface area contributed by atoms with Crippen LogP contribution in [0.1, 0.15) is 6.42 Å². The second-order valence-electron chi connectivity index (χ2n) is 3.77. The van der Waals surface area contributed by atoms with E-state index in [4.69, 9.17) is 0 Å². The summed E-state index contributed by atoms with van der Waals surface area (Å²) in [5.41, 5.74) is 0. The number of rotatable bonds is 3. The standard InChI is InChI=1S/C10H17N5/c1-11-9-5-10(14-7-13-9)15(2)8-3-4-12-6-8/h5,7-8,12H,3-4,6H2,1-2H3,(H,11,13,14). The van der Waals surface area contributed by atoms with Crippen molar-refractivity contribution in [3.05, 3.63) is 12.4 Å². The first-order valence-corrected chi connectivity index (χ1v) is 5.24. The van der Waals surface area contributed by atoms with Crippen molar-refractivity contribution in [2.75, 3.05) is 37.4 Å². The number of nitrogens with zero attached hydrogens (tertiary/aromatic N) is 3. The predicted molar refractivity (Wildman–Crippen MR) is 61.3 cm³/mol. The molecule has 5 nitrogen and oxygen atoms in total. The fraction of sp³-hybridized carbons (Fsp3) is 0.600. The summed E-state index contributed by atoms with van der Waals surface area (Å²) >= 11 is 0. The molecule has 82 valence electrons. The van der Waals surface area contributed by atoms with Crippen molar-refractivity contribution < 1.29 is 0 Å². The molecular formula is C10H17N5. The minimum atomic E-state index is 0.546. The van der Waals surface area contributed by atoms with Gasteiger partial charge < -0.3 is 15.5 Å². The van der Waals surface area contributed by atoms with Gasteiger partial charge in [0, 0.05) is 32.7 Å². The Labute approximate surface area is 89.9 Å². The average molecular weight is 207 g/mol. The van der Waals surface area contributed by atoms with Gasteiger partial charge in [-0.1, -0.05) is 0 Å². The lowest BCUT2D eigenvalue weighted by Gasteiger charge is -2.24. The van der Waals surface area contributed by atoms with E-state index < -0.39 is 0 Å². The number of anilines is 2. The highest BCUT2D eigenvalue weighted by molar-refractivity contribution is 5.48. The molecule has 1 aromatic rings. The summed E-state index contributed by atoms with van der Waals surface area (Å²) in [6.07, 6.45) is 2.77. The number of likely N-dealkylation sites (N-methyl/N-ethyl adjacent to an activating group) is 1. The quantitative estimate of drug-likeness (QED) is 0.747. The Morgan fingerprint density at radius 3 is 3.07 bits per heavy atom. The number of aromatic nitrogens is 2. The monoisotopic (exact) mass is 207 g/mol. The molecule has 1 fully saturated rings. The van der Waals surface area contributed by atoms with E-state index in [9.17, 15) is 0 Å². The van der Waals surface area contributed by atoms with Gasteiger partial charge in [-0.05, 0) is 13.0 Å². The molecule has 0 aromatic carbocycles. The Kier molecular flexibility index (Phi) is 3.01. The fourth-order valence-corrected chi connectivity index (χ4v) is 1.83. The van der Waals surface area contributed by atoms with E-state index in [1.54, 1.807) is 6.33 Å². The number of nitrogens with one attached hydrogen (secondary N) is 2. The normalized spacial score (nSPS) is 20.3. The summed E-state index contributed by atoms with van der Waals surface area (Å²) in [6, 6.07) is 2.52. The van der Waals surface area contributed by atoms with Crippen molar-refractivity contribution in [3.8, 4) is 0 Å². The third-order valence-electron chi connectivity index (χ3n) is 2.85. The molecule has 0 radical (unpaired) electrons. The first kappa shape index (κ1) is 10.2. The zero-order valence-corrected chi connectivity index (χ0v) is 9.20. The Morgan fingerprint density at radius 2 is 2.40 bits per heavy atom. The van der Waals surface area contributed by atoms with E-state index in [1.165, 1.54) is 6.42 Å². The van der Waals surface area contributed by atoms with Gasteiger partial charge >= 0.3 is 0 Å². The van der Waals surface area contributed by atoms with Crippen LogP contribution >= 0.6 is 0 Å². The summed E-state index contributed by atoms with van der Waals surface area (Å²) in [7, 11) is 3.95. The lowest BCUT2D eigenvalue weighted by molar-refractivity contribution is 0.677. The lowest BCUT2D eigenvalue weighted by Crippen LogP contribution is -2.33. The molecule has 1 atom stereocenters. The molecule has 1 saturated heterocycles. The first-order chi connectivity index (χ1) is 7.31. The smallest absolute Gasteiger partial charge is 0.134 e. The summed E-state index contributed by atoms with van der Waals surface area (Å²) in [6.45, 7) is 2.13. The molecule has 0 saturated carbocycles. The average Bonchev–Trinajstić information content (AvgIpc) is 2.81. The van der Waals surface area contributed by atoms with Crippen LogP contribution in [-0.4, -0.2) is 43.2 Å². The van der Waals surface area contributed by atoms with Crippen molar-refractivity contribution in [1.82, 2.24) is 15.3 Å². The molecule has 0 amide bonds. The van der Waals surface area contributed by atoms with Gasteiger partial charge in [-0.2, -0.15) is 0 Å². The maximum absolute atomic E-state index is 4.28. The second kappa shape index (κ2) is 4.44. The number of hydrogen-bond donors (Lipinski definition) is 2. The van der Waals surface area contributed by atoms with Gasteiger partial charge in [0.1, 0.15) is 18.0 Å². The van der Waals surface area contributed by atoms with Gasteiger partial charge in [0.05, 0.1) is 0 Å². The highest BCUT2D eigenvalue weighted by Crippen LogP contribution is 2.17. The van der Waals surface area contributed by atoms with Crippen molar-refractivity contribution in [1.29, 1.82) is 0 Å². The Hall–Kier alpha value is -1.36. The van der Waals surface area contributed by atoms with E-state index in [2.05, 4.69) is 32.5 Å². The molecule has 15 heavy (non-hydrogen) atoms. The van der Waals surface area contributed by atoms with Crippen LogP contribution in [0.15, 0.2) is 12.4 Å². The van der Waals surface area contributed by atoms with E-state index >= 15 is 0 Å². The van der Waals surface area contributed by atoms with Gasteiger partial charge in [-0.15, -0.1) is 0 Å². The topological polar surface area (TPSA) is 53.1 Å². The molecule has 2 heterocycles. The van der Waals surface area contributed by atoms with Crippen LogP contribution in [0.4, 0.5) is 11.6 Å². The van der Waals surface area contributed by atoms with E-state index in [-0.39, 0.29) is 0 Å². The molecule has 0 bridgehead atoms. The molecule has 1 aliphatic rings. The largest absolute Gasteiger partial charge is 0.373 e.